The van der Waals surface area contributed by atoms with E-state index in [1.807, 2.05) is 31.2 Å². The van der Waals surface area contributed by atoms with Crippen molar-refractivity contribution >= 4 is 45.0 Å². The van der Waals surface area contributed by atoms with Gasteiger partial charge in [0.05, 0.1) is 22.5 Å². The van der Waals surface area contributed by atoms with Gasteiger partial charge in [-0.25, -0.2) is 9.69 Å². The molecule has 1 aromatic heterocycles. The van der Waals surface area contributed by atoms with Crippen LogP contribution in [-0.4, -0.2) is 45.0 Å². The second kappa shape index (κ2) is 9.93. The molecular weight excluding hydrogens is 515 g/mol. The molecule has 9 heteroatoms. The van der Waals surface area contributed by atoms with Gasteiger partial charge in [0.25, 0.3) is 5.91 Å². The number of β-amino-alcohol motifs (C(OH)–C–C–N with tert-alkyl or cyclic N) is 1. The first-order chi connectivity index (χ1) is 15.4. The van der Waals surface area contributed by atoms with Crippen LogP contribution in [0.3, 0.4) is 0 Å². The van der Waals surface area contributed by atoms with Crippen LogP contribution >= 0.6 is 39.1 Å². The molecule has 0 radical (unpaired) electrons. The van der Waals surface area contributed by atoms with Gasteiger partial charge in [-0.05, 0) is 49.6 Å². The largest absolute Gasteiger partial charge is 0.392 e. The summed E-state index contributed by atoms with van der Waals surface area (Å²) in [5.41, 5.74) is 6.40. The Labute approximate surface area is 205 Å². The van der Waals surface area contributed by atoms with Gasteiger partial charge in [0.2, 0.25) is 0 Å². The molecular formula is C23H23BrCl2N4O2. The number of rotatable bonds is 5. The van der Waals surface area contributed by atoms with Crippen molar-refractivity contribution < 1.29 is 9.90 Å². The van der Waals surface area contributed by atoms with Crippen molar-refractivity contribution in [3.63, 3.8) is 0 Å². The van der Waals surface area contributed by atoms with Gasteiger partial charge in [-0.1, -0.05) is 58.2 Å². The van der Waals surface area contributed by atoms with Gasteiger partial charge in [0.15, 0.2) is 5.69 Å². The predicted molar refractivity (Wildman–Crippen MR) is 130 cm³/mol. The molecule has 1 saturated heterocycles. The molecule has 0 aliphatic carbocycles. The highest BCUT2D eigenvalue weighted by molar-refractivity contribution is 9.10. The van der Waals surface area contributed by atoms with Crippen molar-refractivity contribution in [3.8, 4) is 16.9 Å². The van der Waals surface area contributed by atoms with E-state index in [9.17, 15) is 9.90 Å². The molecule has 1 aliphatic heterocycles. The van der Waals surface area contributed by atoms with E-state index in [4.69, 9.17) is 28.3 Å². The molecule has 0 spiro atoms. The minimum absolute atomic E-state index is 0.307. The van der Waals surface area contributed by atoms with E-state index in [1.165, 1.54) is 0 Å². The Balaban J connectivity index is 1.82. The van der Waals surface area contributed by atoms with Crippen LogP contribution in [0.2, 0.25) is 10.0 Å². The number of carbonyl (C=O) groups is 1. The minimum Gasteiger partial charge on any atom is -0.392 e. The second-order valence-corrected chi connectivity index (χ2v) is 9.49. The van der Waals surface area contributed by atoms with E-state index < -0.39 is 6.10 Å². The molecule has 0 saturated carbocycles. The van der Waals surface area contributed by atoms with Crippen molar-refractivity contribution in [2.24, 2.45) is 0 Å². The Hall–Kier alpha value is -1.90. The number of aliphatic hydroxyl groups excluding tert-OH is 1. The fraction of sp³-hybridized carbons (Fsp3) is 0.304. The lowest BCUT2D eigenvalue weighted by molar-refractivity contribution is 0.0363. The number of nitrogens with zero attached hydrogens (tertiary/aromatic N) is 3. The van der Waals surface area contributed by atoms with E-state index in [1.54, 1.807) is 27.9 Å². The fourth-order valence-corrected chi connectivity index (χ4v) is 4.71. The first-order valence-corrected chi connectivity index (χ1v) is 12.0. The quantitative estimate of drug-likeness (QED) is 0.465. The van der Waals surface area contributed by atoms with Crippen molar-refractivity contribution in [2.45, 2.75) is 32.3 Å². The molecule has 2 N–H and O–H groups in total. The lowest BCUT2D eigenvalue weighted by atomic mass is 10.0. The van der Waals surface area contributed by atoms with Crippen molar-refractivity contribution in [1.82, 2.24) is 20.2 Å². The molecule has 1 fully saturated rings. The highest BCUT2D eigenvalue weighted by Gasteiger charge is 2.27. The van der Waals surface area contributed by atoms with Gasteiger partial charge in [-0.2, -0.15) is 5.10 Å². The van der Waals surface area contributed by atoms with Gasteiger partial charge >= 0.3 is 0 Å². The third kappa shape index (κ3) is 4.87. The van der Waals surface area contributed by atoms with Crippen LogP contribution in [0.5, 0.6) is 0 Å². The third-order valence-electron chi connectivity index (χ3n) is 5.46. The zero-order valence-corrected chi connectivity index (χ0v) is 20.6. The number of benzene rings is 2. The van der Waals surface area contributed by atoms with Crippen LogP contribution in [0.1, 0.15) is 35.8 Å². The number of hydrogen-bond acceptors (Lipinski definition) is 4. The molecule has 2 aromatic carbocycles. The van der Waals surface area contributed by atoms with Crippen LogP contribution in [0.25, 0.3) is 16.9 Å². The van der Waals surface area contributed by atoms with Gasteiger partial charge < -0.3 is 5.11 Å². The third-order valence-corrected chi connectivity index (χ3v) is 6.53. The first kappa shape index (κ1) is 23.3. The molecule has 168 valence electrons. The van der Waals surface area contributed by atoms with Crippen molar-refractivity contribution in [1.29, 1.82) is 0 Å². The van der Waals surface area contributed by atoms with Gasteiger partial charge in [0, 0.05) is 33.7 Å². The number of hydrogen-bond donors (Lipinski definition) is 2. The predicted octanol–water partition coefficient (Wildman–Crippen LogP) is 5.27. The Bertz CT molecular complexity index is 1130. The Kier molecular flexibility index (Phi) is 7.22. The number of aliphatic hydroxyl groups is 1. The number of carbonyl (C=O) groups excluding carboxylic acids is 1. The molecule has 6 nitrogen and oxygen atoms in total. The highest BCUT2D eigenvalue weighted by atomic mass is 79.9. The maximum Gasteiger partial charge on any atom is 0.286 e. The average molecular weight is 538 g/mol. The van der Waals surface area contributed by atoms with E-state index >= 15 is 0 Å². The van der Waals surface area contributed by atoms with E-state index in [2.05, 4.69) is 21.4 Å². The van der Waals surface area contributed by atoms with E-state index in [-0.39, 0.29) is 5.91 Å². The number of hydrazine groups is 1. The molecule has 0 bridgehead atoms. The smallest absolute Gasteiger partial charge is 0.286 e. The SMILES string of the molecule is CCc1c(C(=O)NN2CCCC(O)C2)nn(-c2ccc(Cl)cc2Cl)c1-c1ccc(Br)cc1. The van der Waals surface area contributed by atoms with Gasteiger partial charge in [-0.15, -0.1) is 0 Å². The summed E-state index contributed by atoms with van der Waals surface area (Å²) in [5, 5.41) is 17.4. The summed E-state index contributed by atoms with van der Waals surface area (Å²) in [6.45, 7) is 3.08. The zero-order valence-electron chi connectivity index (χ0n) is 17.5. The van der Waals surface area contributed by atoms with Crippen LogP contribution in [0, 0.1) is 0 Å². The topological polar surface area (TPSA) is 70.4 Å². The number of aromatic nitrogens is 2. The molecule has 1 atom stereocenters. The Morgan fingerprint density at radius 1 is 1.25 bits per heavy atom. The summed E-state index contributed by atoms with van der Waals surface area (Å²) >= 11 is 16.1. The monoisotopic (exact) mass is 536 g/mol. The summed E-state index contributed by atoms with van der Waals surface area (Å²) in [7, 11) is 0. The highest BCUT2D eigenvalue weighted by Crippen LogP contribution is 2.34. The van der Waals surface area contributed by atoms with Gasteiger partial charge in [-0.3, -0.25) is 10.2 Å². The van der Waals surface area contributed by atoms with Gasteiger partial charge in [0.1, 0.15) is 0 Å². The van der Waals surface area contributed by atoms with E-state index in [0.29, 0.717) is 40.9 Å². The molecule has 32 heavy (non-hydrogen) atoms. The zero-order chi connectivity index (χ0) is 22.8. The number of piperidine rings is 1. The fourth-order valence-electron chi connectivity index (χ4n) is 3.95. The summed E-state index contributed by atoms with van der Waals surface area (Å²) in [5.74, 6) is -0.307. The average Bonchev–Trinajstić information content (AvgIpc) is 3.14. The molecule has 1 unspecified atom stereocenters. The Morgan fingerprint density at radius 2 is 2.00 bits per heavy atom. The molecule has 4 rings (SSSR count). The van der Waals surface area contributed by atoms with Crippen molar-refractivity contribution in [2.75, 3.05) is 13.1 Å². The van der Waals surface area contributed by atoms with Crippen LogP contribution in [0.4, 0.5) is 0 Å². The molecule has 1 aliphatic rings. The van der Waals surface area contributed by atoms with Crippen LogP contribution in [0.15, 0.2) is 46.9 Å². The summed E-state index contributed by atoms with van der Waals surface area (Å²) < 4.78 is 2.66. The molecule has 2 heterocycles. The molecule has 1 amide bonds. The summed E-state index contributed by atoms with van der Waals surface area (Å²) in [4.78, 5) is 13.2. The lowest BCUT2D eigenvalue weighted by Crippen LogP contribution is -2.49. The normalized spacial score (nSPS) is 16.8. The first-order valence-electron chi connectivity index (χ1n) is 10.4. The maximum atomic E-state index is 13.2. The van der Waals surface area contributed by atoms with Crippen LogP contribution in [-0.2, 0) is 6.42 Å². The Morgan fingerprint density at radius 3 is 2.66 bits per heavy atom. The number of amides is 1. The van der Waals surface area contributed by atoms with E-state index in [0.717, 1.165) is 34.1 Å². The second-order valence-electron chi connectivity index (χ2n) is 7.73. The maximum absolute atomic E-state index is 13.2. The standard InChI is InChI=1S/C23H23BrCl2N4O2/c1-2-18-21(23(32)28-29-11-3-4-17(31)13-29)27-30(20-10-9-16(25)12-19(20)26)22(18)14-5-7-15(24)8-6-14/h5-10,12,17,31H,2-4,11,13H2,1H3,(H,28,32). The number of nitrogens with one attached hydrogen (secondary N) is 1. The molecule has 3 aromatic rings. The number of halogens is 3. The summed E-state index contributed by atoms with van der Waals surface area (Å²) in [6.07, 6.45) is 1.71. The van der Waals surface area contributed by atoms with Crippen molar-refractivity contribution in [3.05, 3.63) is 68.2 Å². The minimum atomic E-state index is -0.446. The van der Waals surface area contributed by atoms with Crippen LogP contribution < -0.4 is 5.43 Å². The summed E-state index contributed by atoms with van der Waals surface area (Å²) in [6, 6.07) is 13.0. The lowest BCUT2D eigenvalue weighted by Gasteiger charge is -2.29.